The van der Waals surface area contributed by atoms with Gasteiger partial charge in [0.2, 0.25) is 5.91 Å². The van der Waals surface area contributed by atoms with Crippen molar-refractivity contribution in [3.8, 4) is 0 Å². The fourth-order valence-electron chi connectivity index (χ4n) is 1.14. The SMILES string of the molecule is COC(=O)[C@H](CCC(C)C)NC(C)=O. The molecule has 0 aliphatic heterocycles. The summed E-state index contributed by atoms with van der Waals surface area (Å²) in [5, 5.41) is 2.57. The van der Waals surface area contributed by atoms with Crippen LogP contribution in [0.1, 0.15) is 33.6 Å². The maximum Gasteiger partial charge on any atom is 0.328 e. The Morgan fingerprint density at radius 3 is 2.21 bits per heavy atom. The normalized spacial score (nSPS) is 12.4. The van der Waals surface area contributed by atoms with E-state index < -0.39 is 6.04 Å². The fourth-order valence-corrected chi connectivity index (χ4v) is 1.14. The number of carbonyl (C=O) groups is 2. The van der Waals surface area contributed by atoms with Crippen LogP contribution in [0, 0.1) is 5.92 Å². The van der Waals surface area contributed by atoms with Gasteiger partial charge in [-0.3, -0.25) is 4.79 Å². The highest BCUT2D eigenvalue weighted by molar-refractivity contribution is 5.83. The number of carbonyl (C=O) groups excluding carboxylic acids is 2. The second-order valence-electron chi connectivity index (χ2n) is 3.75. The van der Waals surface area contributed by atoms with Crippen molar-refractivity contribution in [2.24, 2.45) is 5.92 Å². The summed E-state index contributed by atoms with van der Waals surface area (Å²) < 4.78 is 4.59. The predicted molar refractivity (Wildman–Crippen MR) is 53.7 cm³/mol. The predicted octanol–water partition coefficient (Wildman–Crippen LogP) is 1.10. The Hall–Kier alpha value is -1.06. The lowest BCUT2D eigenvalue weighted by molar-refractivity contribution is -0.145. The van der Waals surface area contributed by atoms with Crippen molar-refractivity contribution in [3.05, 3.63) is 0 Å². The first kappa shape index (κ1) is 12.9. The highest BCUT2D eigenvalue weighted by Gasteiger charge is 2.19. The summed E-state index contributed by atoms with van der Waals surface area (Å²) in [5.41, 5.74) is 0. The van der Waals surface area contributed by atoms with Gasteiger partial charge in [-0.05, 0) is 18.8 Å². The molecule has 1 atom stereocenters. The van der Waals surface area contributed by atoms with E-state index in [1.165, 1.54) is 14.0 Å². The summed E-state index contributed by atoms with van der Waals surface area (Å²) in [7, 11) is 1.33. The second kappa shape index (κ2) is 6.40. The van der Waals surface area contributed by atoms with Crippen LogP contribution < -0.4 is 5.32 Å². The van der Waals surface area contributed by atoms with Crippen molar-refractivity contribution in [1.82, 2.24) is 5.32 Å². The van der Waals surface area contributed by atoms with Crippen LogP contribution in [-0.2, 0) is 14.3 Å². The number of methoxy groups -OCH3 is 1. The van der Waals surface area contributed by atoms with Gasteiger partial charge in [0.15, 0.2) is 0 Å². The van der Waals surface area contributed by atoms with Gasteiger partial charge in [-0.25, -0.2) is 4.79 Å². The quantitative estimate of drug-likeness (QED) is 0.678. The Morgan fingerprint density at radius 1 is 1.29 bits per heavy atom. The van der Waals surface area contributed by atoms with Crippen LogP contribution in [0.3, 0.4) is 0 Å². The summed E-state index contributed by atoms with van der Waals surface area (Å²) in [4.78, 5) is 22.0. The molecule has 0 aromatic carbocycles. The zero-order valence-corrected chi connectivity index (χ0v) is 9.29. The first-order valence-corrected chi connectivity index (χ1v) is 4.82. The van der Waals surface area contributed by atoms with Gasteiger partial charge in [0.25, 0.3) is 0 Å². The lowest BCUT2D eigenvalue weighted by Gasteiger charge is -2.16. The zero-order chi connectivity index (χ0) is 11.1. The molecule has 4 nitrogen and oxygen atoms in total. The van der Waals surface area contributed by atoms with E-state index in [1.807, 2.05) is 0 Å². The van der Waals surface area contributed by atoms with Gasteiger partial charge in [0.1, 0.15) is 6.04 Å². The molecule has 82 valence electrons. The highest BCUT2D eigenvalue weighted by atomic mass is 16.5. The van der Waals surface area contributed by atoms with E-state index >= 15 is 0 Å². The first-order chi connectivity index (χ1) is 6.47. The van der Waals surface area contributed by atoms with Gasteiger partial charge in [0, 0.05) is 6.92 Å². The van der Waals surface area contributed by atoms with E-state index in [-0.39, 0.29) is 11.9 Å². The molecule has 0 unspecified atom stereocenters. The molecule has 1 amide bonds. The average Bonchev–Trinajstić information content (AvgIpc) is 2.10. The molecular formula is C10H19NO3. The molecule has 0 saturated heterocycles. The van der Waals surface area contributed by atoms with Crippen molar-refractivity contribution < 1.29 is 14.3 Å². The number of hydrogen-bond donors (Lipinski definition) is 1. The minimum Gasteiger partial charge on any atom is -0.467 e. The third kappa shape index (κ3) is 5.56. The minimum atomic E-state index is -0.500. The smallest absolute Gasteiger partial charge is 0.328 e. The molecule has 0 aromatic rings. The van der Waals surface area contributed by atoms with E-state index in [1.54, 1.807) is 0 Å². The third-order valence-electron chi connectivity index (χ3n) is 1.90. The Bertz CT molecular complexity index is 202. The molecule has 0 saturated carbocycles. The van der Waals surface area contributed by atoms with Gasteiger partial charge in [-0.1, -0.05) is 13.8 Å². The molecule has 0 heterocycles. The summed E-state index contributed by atoms with van der Waals surface area (Å²) in [6.45, 7) is 5.54. The molecule has 0 aliphatic rings. The van der Waals surface area contributed by atoms with Crippen LogP contribution in [0.5, 0.6) is 0 Å². The minimum absolute atomic E-state index is 0.204. The summed E-state index contributed by atoms with van der Waals surface area (Å²) in [6.07, 6.45) is 1.52. The molecule has 0 bridgehead atoms. The van der Waals surface area contributed by atoms with E-state index in [0.717, 1.165) is 6.42 Å². The fraction of sp³-hybridized carbons (Fsp3) is 0.800. The lowest BCUT2D eigenvalue weighted by atomic mass is 10.0. The van der Waals surface area contributed by atoms with Crippen LogP contribution in [0.25, 0.3) is 0 Å². The topological polar surface area (TPSA) is 55.4 Å². The van der Waals surface area contributed by atoms with Crippen LogP contribution >= 0.6 is 0 Å². The monoisotopic (exact) mass is 201 g/mol. The maximum atomic E-state index is 11.2. The Morgan fingerprint density at radius 2 is 1.86 bits per heavy atom. The largest absolute Gasteiger partial charge is 0.467 e. The van der Waals surface area contributed by atoms with E-state index in [9.17, 15) is 9.59 Å². The van der Waals surface area contributed by atoms with E-state index in [4.69, 9.17) is 0 Å². The van der Waals surface area contributed by atoms with Crippen molar-refractivity contribution in [2.75, 3.05) is 7.11 Å². The van der Waals surface area contributed by atoms with E-state index in [0.29, 0.717) is 12.3 Å². The number of esters is 1. The zero-order valence-electron chi connectivity index (χ0n) is 9.29. The van der Waals surface area contributed by atoms with Crippen molar-refractivity contribution in [1.29, 1.82) is 0 Å². The lowest BCUT2D eigenvalue weighted by Crippen LogP contribution is -2.40. The van der Waals surface area contributed by atoms with E-state index in [2.05, 4.69) is 23.9 Å². The summed E-state index contributed by atoms with van der Waals surface area (Å²) in [6, 6.07) is -0.500. The first-order valence-electron chi connectivity index (χ1n) is 4.82. The van der Waals surface area contributed by atoms with Gasteiger partial charge >= 0.3 is 5.97 Å². The Kier molecular flexibility index (Phi) is 5.92. The van der Waals surface area contributed by atoms with Gasteiger partial charge in [-0.15, -0.1) is 0 Å². The number of ether oxygens (including phenoxy) is 1. The molecule has 0 rings (SSSR count). The van der Waals surface area contributed by atoms with Crippen LogP contribution in [0.4, 0.5) is 0 Å². The molecule has 1 N–H and O–H groups in total. The molecule has 0 fully saturated rings. The van der Waals surface area contributed by atoms with Crippen LogP contribution in [0.15, 0.2) is 0 Å². The van der Waals surface area contributed by atoms with Crippen LogP contribution in [0.2, 0.25) is 0 Å². The number of hydrogen-bond acceptors (Lipinski definition) is 3. The number of nitrogens with one attached hydrogen (secondary N) is 1. The number of rotatable bonds is 5. The average molecular weight is 201 g/mol. The standard InChI is InChI=1S/C10H19NO3/c1-7(2)5-6-9(10(13)14-4)11-8(3)12/h7,9H,5-6H2,1-4H3,(H,11,12)/t9-/m0/s1. The molecule has 0 radical (unpaired) electrons. The molecule has 0 aliphatic carbocycles. The van der Waals surface area contributed by atoms with Gasteiger partial charge < -0.3 is 10.1 Å². The van der Waals surface area contributed by atoms with Crippen LogP contribution in [-0.4, -0.2) is 25.0 Å². The van der Waals surface area contributed by atoms with Crippen molar-refractivity contribution in [3.63, 3.8) is 0 Å². The Labute approximate surface area is 85.0 Å². The third-order valence-corrected chi connectivity index (χ3v) is 1.90. The second-order valence-corrected chi connectivity index (χ2v) is 3.75. The summed E-state index contributed by atoms with van der Waals surface area (Å²) in [5.74, 6) is -0.0686. The molecule has 0 aromatic heterocycles. The molecule has 4 heteroatoms. The van der Waals surface area contributed by atoms with Gasteiger partial charge in [0.05, 0.1) is 7.11 Å². The highest BCUT2D eigenvalue weighted by Crippen LogP contribution is 2.07. The maximum absolute atomic E-state index is 11.2. The Balaban J connectivity index is 4.10. The summed E-state index contributed by atoms with van der Waals surface area (Å²) >= 11 is 0. The number of amides is 1. The van der Waals surface area contributed by atoms with Gasteiger partial charge in [-0.2, -0.15) is 0 Å². The van der Waals surface area contributed by atoms with Crippen molar-refractivity contribution in [2.45, 2.75) is 39.7 Å². The molecule has 0 spiro atoms. The molecule has 14 heavy (non-hydrogen) atoms. The molecular weight excluding hydrogens is 182 g/mol. The van der Waals surface area contributed by atoms with Crippen molar-refractivity contribution >= 4 is 11.9 Å².